The van der Waals surface area contributed by atoms with Crippen molar-refractivity contribution >= 4 is 34.2 Å². The second-order valence-corrected chi connectivity index (χ2v) is 8.79. The molecule has 5 rings (SSSR count). The van der Waals surface area contributed by atoms with E-state index in [2.05, 4.69) is 41.5 Å². The summed E-state index contributed by atoms with van der Waals surface area (Å²) < 4.78 is 5.51. The molecule has 33 heavy (non-hydrogen) atoms. The van der Waals surface area contributed by atoms with Crippen LogP contribution >= 0.6 is 11.6 Å². The number of hydrogen-bond acceptors (Lipinski definition) is 2. The number of carbonyl (C=O) groups excluding carboxylic acids is 1. The van der Waals surface area contributed by atoms with Gasteiger partial charge in [-0.1, -0.05) is 41.4 Å². The van der Waals surface area contributed by atoms with Gasteiger partial charge in [0.2, 0.25) is 0 Å². The Hall–Kier alpha value is -3.44. The van der Waals surface area contributed by atoms with Gasteiger partial charge in [-0.05, 0) is 73.9 Å². The van der Waals surface area contributed by atoms with Gasteiger partial charge in [0.25, 0.3) is 0 Å². The Balaban J connectivity index is 1.51. The number of urea groups is 1. The predicted octanol–water partition coefficient (Wildman–Crippen LogP) is 6.71. The number of carbonyl (C=O) groups is 1. The Morgan fingerprint density at radius 3 is 2.61 bits per heavy atom. The highest BCUT2D eigenvalue weighted by Crippen LogP contribution is 2.39. The zero-order chi connectivity index (χ0) is 22.9. The normalized spacial score (nSPS) is 15.4. The van der Waals surface area contributed by atoms with E-state index in [1.54, 1.807) is 0 Å². The quantitative estimate of drug-likeness (QED) is 0.356. The van der Waals surface area contributed by atoms with Gasteiger partial charge in [0.05, 0.1) is 12.6 Å². The molecule has 4 aromatic rings. The number of aromatic amines is 1. The van der Waals surface area contributed by atoms with Gasteiger partial charge in [0.15, 0.2) is 0 Å². The number of benzene rings is 3. The molecule has 1 aliphatic rings. The van der Waals surface area contributed by atoms with Crippen molar-refractivity contribution in [2.24, 2.45) is 0 Å². The first kappa shape index (κ1) is 21.4. The molecule has 0 bridgehead atoms. The summed E-state index contributed by atoms with van der Waals surface area (Å²) in [5, 5.41) is 4.90. The smallest absolute Gasteiger partial charge is 0.322 e. The molecule has 0 saturated heterocycles. The van der Waals surface area contributed by atoms with Crippen molar-refractivity contribution in [2.75, 3.05) is 18.5 Å². The number of aromatic nitrogens is 1. The average Bonchev–Trinajstić information content (AvgIpc) is 3.18. The third-order valence-electron chi connectivity index (χ3n) is 6.16. The number of nitrogens with one attached hydrogen (secondary N) is 2. The van der Waals surface area contributed by atoms with Crippen molar-refractivity contribution < 1.29 is 9.53 Å². The third kappa shape index (κ3) is 4.16. The highest BCUT2D eigenvalue weighted by molar-refractivity contribution is 6.31. The molecule has 1 atom stereocenters. The van der Waals surface area contributed by atoms with Crippen LogP contribution in [0.25, 0.3) is 10.9 Å². The van der Waals surface area contributed by atoms with Crippen LogP contribution in [0.4, 0.5) is 10.5 Å². The number of fused-ring (bicyclic) bond motifs is 3. The first-order valence-corrected chi connectivity index (χ1v) is 11.6. The summed E-state index contributed by atoms with van der Waals surface area (Å²) in [5.74, 6) is 0.785. The summed E-state index contributed by atoms with van der Waals surface area (Å²) in [4.78, 5) is 18.9. The molecule has 6 heteroatoms. The standard InChI is InChI=1S/C27H26ClN3O2/c1-3-33-21-11-9-20(10-12-21)29-27(32)31-15-14-22-23-16-19(28)8-13-24(23)30-25(22)26(31)18-6-4-17(2)5-7-18/h4-13,16,26,30H,3,14-15H2,1-2H3,(H,29,32)/t26-/m0/s1. The molecule has 5 nitrogen and oxygen atoms in total. The molecule has 0 saturated carbocycles. The van der Waals surface area contributed by atoms with E-state index >= 15 is 0 Å². The molecular weight excluding hydrogens is 434 g/mol. The molecule has 2 N–H and O–H groups in total. The average molecular weight is 460 g/mol. The molecule has 1 aliphatic heterocycles. The molecule has 1 aromatic heterocycles. The van der Waals surface area contributed by atoms with Crippen LogP contribution in [0.3, 0.4) is 0 Å². The van der Waals surface area contributed by atoms with Crippen LogP contribution in [-0.2, 0) is 6.42 Å². The maximum atomic E-state index is 13.5. The zero-order valence-corrected chi connectivity index (χ0v) is 19.4. The zero-order valence-electron chi connectivity index (χ0n) is 18.7. The number of rotatable bonds is 4. The van der Waals surface area contributed by atoms with Gasteiger partial charge in [0, 0.05) is 33.9 Å². The van der Waals surface area contributed by atoms with Crippen LogP contribution < -0.4 is 10.1 Å². The SMILES string of the molecule is CCOc1ccc(NC(=O)N2CCc3c([nH]c4ccc(Cl)cc34)[C@@H]2c2ccc(C)cc2)cc1. The molecular formula is C27H26ClN3O2. The Morgan fingerprint density at radius 1 is 1.12 bits per heavy atom. The molecule has 0 aliphatic carbocycles. The lowest BCUT2D eigenvalue weighted by atomic mass is 9.92. The first-order valence-electron chi connectivity index (χ1n) is 11.2. The van der Waals surface area contributed by atoms with Gasteiger partial charge < -0.3 is 19.9 Å². The Kier molecular flexibility index (Phi) is 5.73. The van der Waals surface area contributed by atoms with Crippen molar-refractivity contribution in [1.29, 1.82) is 0 Å². The van der Waals surface area contributed by atoms with Crippen LogP contribution in [0.5, 0.6) is 5.75 Å². The molecule has 168 valence electrons. The van der Waals surface area contributed by atoms with Gasteiger partial charge in [-0.3, -0.25) is 0 Å². The molecule has 3 aromatic carbocycles. The number of hydrogen-bond donors (Lipinski definition) is 2. The highest BCUT2D eigenvalue weighted by atomic mass is 35.5. The summed E-state index contributed by atoms with van der Waals surface area (Å²) in [5.41, 5.74) is 6.30. The van der Waals surface area contributed by atoms with E-state index in [0.29, 0.717) is 18.2 Å². The van der Waals surface area contributed by atoms with Crippen LogP contribution in [0.1, 0.15) is 35.3 Å². The van der Waals surface area contributed by atoms with E-state index in [1.807, 2.05) is 54.3 Å². The summed E-state index contributed by atoms with van der Waals surface area (Å²) >= 11 is 6.29. The van der Waals surface area contributed by atoms with E-state index in [1.165, 1.54) is 11.1 Å². The van der Waals surface area contributed by atoms with E-state index in [4.69, 9.17) is 16.3 Å². The summed E-state index contributed by atoms with van der Waals surface area (Å²) in [7, 11) is 0. The number of halogens is 1. The van der Waals surface area contributed by atoms with Gasteiger partial charge in [-0.25, -0.2) is 4.79 Å². The summed E-state index contributed by atoms with van der Waals surface area (Å²) in [6, 6.07) is 21.4. The predicted molar refractivity (Wildman–Crippen MR) is 133 cm³/mol. The molecule has 0 spiro atoms. The fourth-order valence-corrected chi connectivity index (χ4v) is 4.74. The maximum Gasteiger partial charge on any atom is 0.322 e. The highest BCUT2D eigenvalue weighted by Gasteiger charge is 2.34. The third-order valence-corrected chi connectivity index (χ3v) is 6.39. The number of aryl methyl sites for hydroxylation is 1. The van der Waals surface area contributed by atoms with Crippen molar-refractivity contribution in [3.8, 4) is 5.75 Å². The number of amides is 2. The second kappa shape index (κ2) is 8.83. The van der Waals surface area contributed by atoms with Crippen molar-refractivity contribution in [3.63, 3.8) is 0 Å². The minimum absolute atomic E-state index is 0.132. The molecule has 2 amide bonds. The minimum Gasteiger partial charge on any atom is -0.494 e. The largest absolute Gasteiger partial charge is 0.494 e. The Bertz CT molecular complexity index is 1300. The molecule has 0 radical (unpaired) electrons. The lowest BCUT2D eigenvalue weighted by molar-refractivity contribution is 0.193. The molecule has 0 fully saturated rings. The monoisotopic (exact) mass is 459 g/mol. The van der Waals surface area contributed by atoms with E-state index in [0.717, 1.165) is 40.0 Å². The summed E-state index contributed by atoms with van der Waals surface area (Å²) in [6.45, 7) is 5.23. The number of H-pyrrole nitrogens is 1. The number of nitrogens with zero attached hydrogens (tertiary/aromatic N) is 1. The Morgan fingerprint density at radius 2 is 1.88 bits per heavy atom. The van der Waals surface area contributed by atoms with Crippen molar-refractivity contribution in [1.82, 2.24) is 9.88 Å². The van der Waals surface area contributed by atoms with Gasteiger partial charge in [0.1, 0.15) is 5.75 Å². The lowest BCUT2D eigenvalue weighted by Crippen LogP contribution is -2.43. The van der Waals surface area contributed by atoms with E-state index in [-0.39, 0.29) is 12.1 Å². The van der Waals surface area contributed by atoms with Crippen LogP contribution in [-0.4, -0.2) is 29.1 Å². The lowest BCUT2D eigenvalue weighted by Gasteiger charge is -2.36. The molecule has 0 unspecified atom stereocenters. The number of anilines is 1. The van der Waals surface area contributed by atoms with Gasteiger partial charge >= 0.3 is 6.03 Å². The molecule has 2 heterocycles. The van der Waals surface area contributed by atoms with Crippen molar-refractivity contribution in [2.45, 2.75) is 26.3 Å². The van der Waals surface area contributed by atoms with E-state index in [9.17, 15) is 4.79 Å². The Labute approximate surface area is 198 Å². The fraction of sp³-hybridized carbons (Fsp3) is 0.222. The first-order chi connectivity index (χ1) is 16.0. The topological polar surface area (TPSA) is 57.4 Å². The van der Waals surface area contributed by atoms with Crippen molar-refractivity contribution in [3.05, 3.63) is 94.1 Å². The maximum absolute atomic E-state index is 13.5. The van der Waals surface area contributed by atoms with Gasteiger partial charge in [-0.2, -0.15) is 0 Å². The van der Waals surface area contributed by atoms with Crippen LogP contribution in [0.2, 0.25) is 5.02 Å². The van der Waals surface area contributed by atoms with Crippen LogP contribution in [0.15, 0.2) is 66.7 Å². The van der Waals surface area contributed by atoms with Gasteiger partial charge in [-0.15, -0.1) is 0 Å². The number of ether oxygens (including phenoxy) is 1. The fourth-order valence-electron chi connectivity index (χ4n) is 4.57. The van der Waals surface area contributed by atoms with E-state index < -0.39 is 0 Å². The second-order valence-electron chi connectivity index (χ2n) is 8.35. The minimum atomic E-state index is -0.219. The van der Waals surface area contributed by atoms with Crippen LogP contribution in [0, 0.1) is 6.92 Å². The summed E-state index contributed by atoms with van der Waals surface area (Å²) in [6.07, 6.45) is 0.759.